The molecule has 0 unspecified atom stereocenters. The lowest BCUT2D eigenvalue weighted by Gasteiger charge is -2.31. The van der Waals surface area contributed by atoms with E-state index in [2.05, 4.69) is 36.2 Å². The number of hydrogen-bond acceptors (Lipinski definition) is 3. The molecule has 1 aromatic carbocycles. The van der Waals surface area contributed by atoms with Crippen molar-refractivity contribution in [3.8, 4) is 0 Å². The number of hydrogen-bond donors (Lipinski definition) is 1. The summed E-state index contributed by atoms with van der Waals surface area (Å²) in [5.74, 6) is 0.883. The van der Waals surface area contributed by atoms with Gasteiger partial charge in [-0.1, -0.05) is 25.1 Å². The van der Waals surface area contributed by atoms with Crippen molar-refractivity contribution in [2.24, 2.45) is 0 Å². The molecule has 4 nitrogen and oxygen atoms in total. The van der Waals surface area contributed by atoms with Crippen molar-refractivity contribution in [3.63, 3.8) is 0 Å². The third kappa shape index (κ3) is 4.56. The predicted molar refractivity (Wildman–Crippen MR) is 97.7 cm³/mol. The average Bonchev–Trinajstić information content (AvgIpc) is 3.10. The van der Waals surface area contributed by atoms with Crippen LogP contribution in [0.2, 0.25) is 0 Å². The average molecular weight is 332 g/mol. The Morgan fingerprint density at radius 2 is 2.09 bits per heavy atom. The summed E-state index contributed by atoms with van der Waals surface area (Å²) in [6.07, 6.45) is 2.64. The van der Waals surface area contributed by atoms with Crippen LogP contribution in [0.15, 0.2) is 47.1 Å². The van der Waals surface area contributed by atoms with Gasteiger partial charge in [0.2, 0.25) is 0 Å². The van der Waals surface area contributed by atoms with Gasteiger partial charge in [-0.3, -0.25) is 0 Å². The number of anilines is 1. The maximum atomic E-state index is 5.65. The Balaban J connectivity index is 2.16. The highest BCUT2D eigenvalue weighted by molar-refractivity contribution is 7.80. The minimum Gasteiger partial charge on any atom is -0.467 e. The Morgan fingerprint density at radius 1 is 1.30 bits per heavy atom. The topological polar surface area (TPSA) is 37.6 Å². The minimum atomic E-state index is 0.0361. The molecule has 124 valence electrons. The second-order valence-electron chi connectivity index (χ2n) is 5.32. The SMILES string of the molecule is CCc1ccccc1NC(=S)N(CCOC)[C@H](C)c1ccco1. The van der Waals surface area contributed by atoms with E-state index < -0.39 is 0 Å². The third-order valence-electron chi connectivity index (χ3n) is 3.86. The molecule has 0 amide bonds. The van der Waals surface area contributed by atoms with E-state index >= 15 is 0 Å². The Labute approximate surface area is 143 Å². The zero-order valence-electron chi connectivity index (χ0n) is 13.9. The molecule has 0 aliphatic carbocycles. The van der Waals surface area contributed by atoms with Crippen molar-refractivity contribution in [1.82, 2.24) is 4.90 Å². The molecule has 1 aromatic heterocycles. The van der Waals surface area contributed by atoms with Crippen LogP contribution in [0.25, 0.3) is 0 Å². The first-order valence-electron chi connectivity index (χ1n) is 7.85. The predicted octanol–water partition coefficient (Wildman–Crippen LogP) is 4.25. The molecule has 0 fully saturated rings. The number of benzene rings is 1. The highest BCUT2D eigenvalue weighted by Gasteiger charge is 2.21. The van der Waals surface area contributed by atoms with Crippen molar-refractivity contribution >= 4 is 23.0 Å². The van der Waals surface area contributed by atoms with Crippen LogP contribution in [0.1, 0.15) is 31.2 Å². The fourth-order valence-electron chi connectivity index (χ4n) is 2.48. The van der Waals surface area contributed by atoms with Crippen LogP contribution in [0.5, 0.6) is 0 Å². The Kier molecular flexibility index (Phi) is 6.62. The first kappa shape index (κ1) is 17.5. The molecule has 0 aliphatic rings. The van der Waals surface area contributed by atoms with Gasteiger partial charge in [0, 0.05) is 19.3 Å². The molecule has 0 bridgehead atoms. The number of nitrogens with one attached hydrogen (secondary N) is 1. The number of nitrogens with zero attached hydrogens (tertiary/aromatic N) is 1. The van der Waals surface area contributed by atoms with E-state index in [9.17, 15) is 0 Å². The summed E-state index contributed by atoms with van der Waals surface area (Å²) >= 11 is 5.65. The van der Waals surface area contributed by atoms with Gasteiger partial charge in [-0.15, -0.1) is 0 Å². The van der Waals surface area contributed by atoms with E-state index in [1.54, 1.807) is 13.4 Å². The molecule has 1 N–H and O–H groups in total. The number of para-hydroxylation sites is 1. The zero-order chi connectivity index (χ0) is 16.7. The first-order chi connectivity index (χ1) is 11.2. The van der Waals surface area contributed by atoms with E-state index in [0.717, 1.165) is 17.9 Å². The van der Waals surface area contributed by atoms with E-state index in [1.807, 2.05) is 24.3 Å². The number of furan rings is 1. The highest BCUT2D eigenvalue weighted by Crippen LogP contribution is 2.23. The summed E-state index contributed by atoms with van der Waals surface area (Å²) < 4.78 is 10.8. The first-order valence-corrected chi connectivity index (χ1v) is 8.26. The second kappa shape index (κ2) is 8.70. The van der Waals surface area contributed by atoms with Crippen LogP contribution in [-0.4, -0.2) is 30.3 Å². The molecule has 2 rings (SSSR count). The van der Waals surface area contributed by atoms with Gasteiger partial charge >= 0.3 is 0 Å². The van der Waals surface area contributed by atoms with E-state index in [4.69, 9.17) is 21.4 Å². The zero-order valence-corrected chi connectivity index (χ0v) is 14.7. The van der Waals surface area contributed by atoms with E-state index in [1.165, 1.54) is 5.56 Å². The van der Waals surface area contributed by atoms with Crippen molar-refractivity contribution < 1.29 is 9.15 Å². The Hall–Kier alpha value is -1.85. The Bertz CT molecular complexity index is 613. The lowest BCUT2D eigenvalue weighted by atomic mass is 10.1. The molecule has 0 aliphatic heterocycles. The van der Waals surface area contributed by atoms with E-state index in [-0.39, 0.29) is 6.04 Å². The summed E-state index contributed by atoms with van der Waals surface area (Å²) in [6, 6.07) is 12.1. The third-order valence-corrected chi connectivity index (χ3v) is 4.20. The monoisotopic (exact) mass is 332 g/mol. The van der Waals surface area contributed by atoms with Crippen molar-refractivity contribution in [2.75, 3.05) is 25.6 Å². The normalized spacial score (nSPS) is 12.0. The summed E-state index contributed by atoms with van der Waals surface area (Å²) in [7, 11) is 1.69. The maximum Gasteiger partial charge on any atom is 0.174 e. The lowest BCUT2D eigenvalue weighted by Crippen LogP contribution is -2.39. The van der Waals surface area contributed by atoms with Crippen LogP contribution in [0.4, 0.5) is 5.69 Å². The summed E-state index contributed by atoms with van der Waals surface area (Å²) in [6.45, 7) is 5.51. The van der Waals surface area contributed by atoms with Crippen molar-refractivity contribution in [3.05, 3.63) is 54.0 Å². The van der Waals surface area contributed by atoms with Crippen molar-refractivity contribution in [2.45, 2.75) is 26.3 Å². The fraction of sp³-hybridized carbons (Fsp3) is 0.389. The van der Waals surface area contributed by atoms with Gasteiger partial charge in [0.25, 0.3) is 0 Å². The summed E-state index contributed by atoms with van der Waals surface area (Å²) in [5.41, 5.74) is 2.29. The van der Waals surface area contributed by atoms with Gasteiger partial charge < -0.3 is 19.4 Å². The molecular weight excluding hydrogens is 308 g/mol. The highest BCUT2D eigenvalue weighted by atomic mass is 32.1. The molecule has 5 heteroatoms. The maximum absolute atomic E-state index is 5.65. The molecule has 0 radical (unpaired) electrons. The summed E-state index contributed by atoms with van der Waals surface area (Å²) in [4.78, 5) is 2.09. The molecule has 23 heavy (non-hydrogen) atoms. The number of methoxy groups -OCH3 is 1. The molecule has 2 aromatic rings. The molecule has 1 heterocycles. The fourth-order valence-corrected chi connectivity index (χ4v) is 2.84. The summed E-state index contributed by atoms with van der Waals surface area (Å²) in [5, 5.41) is 4.05. The van der Waals surface area contributed by atoms with Gasteiger partial charge in [0.05, 0.1) is 18.9 Å². The number of thiocarbonyl (C=S) groups is 1. The van der Waals surface area contributed by atoms with Gasteiger partial charge in [-0.05, 0) is 49.3 Å². The van der Waals surface area contributed by atoms with Gasteiger partial charge in [-0.25, -0.2) is 0 Å². The van der Waals surface area contributed by atoms with Crippen LogP contribution in [-0.2, 0) is 11.2 Å². The molecular formula is C18H24N2O2S. The number of ether oxygens (including phenoxy) is 1. The smallest absolute Gasteiger partial charge is 0.174 e. The Morgan fingerprint density at radius 3 is 2.74 bits per heavy atom. The number of aryl methyl sites for hydroxylation is 1. The van der Waals surface area contributed by atoms with Gasteiger partial charge in [-0.2, -0.15) is 0 Å². The minimum absolute atomic E-state index is 0.0361. The lowest BCUT2D eigenvalue weighted by molar-refractivity contribution is 0.160. The largest absolute Gasteiger partial charge is 0.467 e. The second-order valence-corrected chi connectivity index (χ2v) is 5.71. The van der Waals surface area contributed by atoms with Crippen LogP contribution in [0.3, 0.4) is 0 Å². The molecule has 0 spiro atoms. The van der Waals surface area contributed by atoms with Gasteiger partial charge in [0.1, 0.15) is 5.76 Å². The van der Waals surface area contributed by atoms with Crippen molar-refractivity contribution in [1.29, 1.82) is 0 Å². The standard InChI is InChI=1S/C18H24N2O2S/c1-4-15-8-5-6-9-16(15)19-18(23)20(11-13-21-3)14(2)17-10-7-12-22-17/h5-10,12,14H,4,11,13H2,1-3H3,(H,19,23)/t14-/m1/s1. The van der Waals surface area contributed by atoms with Crippen LogP contribution in [0, 0.1) is 0 Å². The number of rotatable bonds is 7. The van der Waals surface area contributed by atoms with Crippen LogP contribution < -0.4 is 5.32 Å². The van der Waals surface area contributed by atoms with Crippen LogP contribution >= 0.6 is 12.2 Å². The quantitative estimate of drug-likeness (QED) is 0.767. The molecule has 0 saturated carbocycles. The molecule has 1 atom stereocenters. The molecule has 0 saturated heterocycles. The van der Waals surface area contributed by atoms with Gasteiger partial charge in [0.15, 0.2) is 5.11 Å². The van der Waals surface area contributed by atoms with E-state index in [0.29, 0.717) is 18.3 Å².